The van der Waals surface area contributed by atoms with Crippen LogP contribution in [-0.4, -0.2) is 29.5 Å². The molecule has 0 heterocycles. The molecule has 15 heavy (non-hydrogen) atoms. The third-order valence-electron chi connectivity index (χ3n) is 1.34. The molecule has 0 unspecified atom stereocenters. The number of unbranched alkanes of at least 4 members (excludes halogenated alkanes) is 2. The topological polar surface area (TPSA) is 63.6 Å². The van der Waals surface area contributed by atoms with Gasteiger partial charge in [-0.2, -0.15) is 0 Å². The fourth-order valence-corrected chi connectivity index (χ4v) is 0.869. The van der Waals surface area contributed by atoms with Crippen LogP contribution in [0.3, 0.4) is 0 Å². The Labute approximate surface area is 95.6 Å². The Bertz CT molecular complexity index is 167. The fourth-order valence-electron chi connectivity index (χ4n) is 0.680. The van der Waals surface area contributed by atoms with Gasteiger partial charge in [-0.15, -0.1) is 11.6 Å². The van der Waals surface area contributed by atoms with E-state index in [1.165, 1.54) is 19.3 Å². The maximum atomic E-state index is 10.3. The number of carbonyl (C=O) groups excluding carboxylic acids is 1. The number of carbonyl (C=O) groups is 2. The molecule has 0 saturated heterocycles. The van der Waals surface area contributed by atoms with Crippen LogP contribution in [0.15, 0.2) is 0 Å². The largest absolute Gasteiger partial charge is 0.481 e. The molecule has 0 aromatic carbocycles. The predicted molar refractivity (Wildman–Crippen MR) is 59.1 cm³/mol. The van der Waals surface area contributed by atoms with Gasteiger partial charge in [-0.05, 0) is 13.3 Å². The van der Waals surface area contributed by atoms with E-state index in [0.29, 0.717) is 0 Å². The Balaban J connectivity index is 0. The molecule has 0 radical (unpaired) electrons. The molecule has 0 spiro atoms. The Hall–Kier alpha value is -0.770. The van der Waals surface area contributed by atoms with E-state index in [4.69, 9.17) is 16.7 Å². The van der Waals surface area contributed by atoms with Crippen molar-refractivity contribution >= 4 is 23.5 Å². The van der Waals surface area contributed by atoms with E-state index in [9.17, 15) is 9.59 Å². The number of carboxylic acid groups (broad SMARTS) is 1. The fraction of sp³-hybridized carbons (Fsp3) is 0.800. The van der Waals surface area contributed by atoms with Crippen molar-refractivity contribution in [3.05, 3.63) is 0 Å². The Morgan fingerprint density at radius 2 is 1.87 bits per heavy atom. The van der Waals surface area contributed by atoms with Gasteiger partial charge in [0.15, 0.2) is 0 Å². The van der Waals surface area contributed by atoms with Crippen LogP contribution < -0.4 is 0 Å². The van der Waals surface area contributed by atoms with Crippen molar-refractivity contribution < 1.29 is 19.4 Å². The van der Waals surface area contributed by atoms with Gasteiger partial charge in [0, 0.05) is 5.88 Å². The van der Waals surface area contributed by atoms with Crippen LogP contribution in [-0.2, 0) is 14.3 Å². The summed E-state index contributed by atoms with van der Waals surface area (Å²) in [4.78, 5) is 20.0. The lowest BCUT2D eigenvalue weighted by Gasteiger charge is -1.95. The number of halogens is 1. The van der Waals surface area contributed by atoms with Crippen LogP contribution in [0.2, 0.25) is 0 Å². The lowest BCUT2D eigenvalue weighted by molar-refractivity contribution is -0.150. The number of hydrogen-bond donors (Lipinski definition) is 1. The minimum absolute atomic E-state index is 0.228. The van der Waals surface area contributed by atoms with Crippen molar-refractivity contribution in [3.8, 4) is 0 Å². The second kappa shape index (κ2) is 13.2. The third kappa shape index (κ3) is 19.6. The maximum Gasteiger partial charge on any atom is 0.317 e. The standard InChI is InChI=1S/C5H11Cl.C5H8O4/c1-2-3-4-5-6;1-2-9-5(8)3-4(6)7/h2-5H2,1H3;2-3H2,1H3,(H,6,7). The number of ether oxygens (including phenoxy) is 1. The van der Waals surface area contributed by atoms with Crippen molar-refractivity contribution in [2.45, 2.75) is 39.5 Å². The molecular formula is C10H19ClO4. The molecule has 0 aromatic heterocycles. The summed E-state index contributed by atoms with van der Waals surface area (Å²) < 4.78 is 4.33. The number of hydrogen-bond acceptors (Lipinski definition) is 3. The molecule has 1 N–H and O–H groups in total. The van der Waals surface area contributed by atoms with E-state index < -0.39 is 18.4 Å². The van der Waals surface area contributed by atoms with E-state index >= 15 is 0 Å². The first-order valence-electron chi connectivity index (χ1n) is 5.01. The van der Waals surface area contributed by atoms with Gasteiger partial charge in [0.2, 0.25) is 0 Å². The van der Waals surface area contributed by atoms with Crippen molar-refractivity contribution in [1.29, 1.82) is 0 Å². The van der Waals surface area contributed by atoms with Gasteiger partial charge in [0.05, 0.1) is 6.61 Å². The summed E-state index contributed by atoms with van der Waals surface area (Å²) in [6, 6.07) is 0. The van der Waals surface area contributed by atoms with Crippen LogP contribution in [0.1, 0.15) is 39.5 Å². The SMILES string of the molecule is CCCCCCl.CCOC(=O)CC(=O)O. The summed E-state index contributed by atoms with van der Waals surface area (Å²) in [6.45, 7) is 4.03. The van der Waals surface area contributed by atoms with E-state index in [1.807, 2.05) is 0 Å². The molecule has 0 amide bonds. The minimum atomic E-state index is -1.16. The predicted octanol–water partition coefficient (Wildman–Crippen LogP) is 2.44. The lowest BCUT2D eigenvalue weighted by Crippen LogP contribution is -2.09. The van der Waals surface area contributed by atoms with Crippen LogP contribution >= 0.6 is 11.6 Å². The monoisotopic (exact) mass is 238 g/mol. The summed E-state index contributed by atoms with van der Waals surface area (Å²) in [5.41, 5.74) is 0. The molecule has 0 bridgehead atoms. The van der Waals surface area contributed by atoms with Gasteiger partial charge >= 0.3 is 11.9 Å². The van der Waals surface area contributed by atoms with Crippen LogP contribution in [0.5, 0.6) is 0 Å². The summed E-state index contributed by atoms with van der Waals surface area (Å²) in [5, 5.41) is 8.01. The molecule has 0 rings (SSSR count). The van der Waals surface area contributed by atoms with Crippen molar-refractivity contribution in [2.75, 3.05) is 12.5 Å². The maximum absolute atomic E-state index is 10.3. The quantitative estimate of drug-likeness (QED) is 0.334. The summed E-state index contributed by atoms with van der Waals surface area (Å²) in [5.74, 6) is -1.02. The normalized spacial score (nSPS) is 8.73. The van der Waals surface area contributed by atoms with Crippen LogP contribution in [0.25, 0.3) is 0 Å². The number of esters is 1. The average Bonchev–Trinajstić information content (AvgIpc) is 2.15. The second-order valence-corrected chi connectivity index (χ2v) is 3.15. The molecule has 4 nitrogen and oxygen atoms in total. The summed E-state index contributed by atoms with van der Waals surface area (Å²) >= 11 is 5.38. The van der Waals surface area contributed by atoms with Gasteiger partial charge in [0.25, 0.3) is 0 Å². The molecule has 90 valence electrons. The van der Waals surface area contributed by atoms with Crippen LogP contribution in [0.4, 0.5) is 0 Å². The lowest BCUT2D eigenvalue weighted by atomic mass is 10.3. The molecule has 0 aliphatic rings. The van der Waals surface area contributed by atoms with Crippen molar-refractivity contribution in [2.24, 2.45) is 0 Å². The second-order valence-electron chi connectivity index (χ2n) is 2.77. The number of rotatable bonds is 6. The highest BCUT2D eigenvalue weighted by Crippen LogP contribution is 1.93. The zero-order valence-electron chi connectivity index (χ0n) is 9.29. The highest BCUT2D eigenvalue weighted by molar-refractivity contribution is 6.17. The van der Waals surface area contributed by atoms with Crippen LogP contribution in [0, 0.1) is 0 Å². The first kappa shape index (κ1) is 16.7. The van der Waals surface area contributed by atoms with E-state index in [-0.39, 0.29) is 6.61 Å². The zero-order chi connectivity index (χ0) is 12.1. The number of aliphatic carboxylic acids is 1. The first-order valence-corrected chi connectivity index (χ1v) is 5.55. The Morgan fingerprint density at radius 3 is 2.13 bits per heavy atom. The first-order chi connectivity index (χ1) is 7.08. The van der Waals surface area contributed by atoms with E-state index in [1.54, 1.807) is 6.92 Å². The molecule has 0 atom stereocenters. The molecule has 0 aliphatic carbocycles. The molecule has 5 heteroatoms. The van der Waals surface area contributed by atoms with Gasteiger partial charge in [-0.1, -0.05) is 19.8 Å². The Morgan fingerprint density at radius 1 is 1.27 bits per heavy atom. The van der Waals surface area contributed by atoms with Crippen molar-refractivity contribution in [1.82, 2.24) is 0 Å². The van der Waals surface area contributed by atoms with Gasteiger partial charge in [-0.3, -0.25) is 9.59 Å². The zero-order valence-corrected chi connectivity index (χ0v) is 10.0. The minimum Gasteiger partial charge on any atom is -0.481 e. The highest BCUT2D eigenvalue weighted by Gasteiger charge is 2.06. The summed E-state index contributed by atoms with van der Waals surface area (Å²) in [7, 11) is 0. The number of alkyl halides is 1. The van der Waals surface area contributed by atoms with Gasteiger partial charge in [-0.25, -0.2) is 0 Å². The molecule has 0 aliphatic heterocycles. The Kier molecular flexibility index (Phi) is 14.7. The molecular weight excluding hydrogens is 220 g/mol. The van der Waals surface area contributed by atoms with Gasteiger partial charge < -0.3 is 9.84 Å². The van der Waals surface area contributed by atoms with Crippen molar-refractivity contribution in [3.63, 3.8) is 0 Å². The molecule has 0 fully saturated rings. The molecule has 0 saturated carbocycles. The highest BCUT2D eigenvalue weighted by atomic mass is 35.5. The van der Waals surface area contributed by atoms with Gasteiger partial charge in [0.1, 0.15) is 6.42 Å². The molecule has 0 aromatic rings. The van der Waals surface area contributed by atoms with E-state index in [0.717, 1.165) is 5.88 Å². The number of carboxylic acids is 1. The third-order valence-corrected chi connectivity index (χ3v) is 1.61. The average molecular weight is 239 g/mol. The summed E-state index contributed by atoms with van der Waals surface area (Å²) in [6.07, 6.45) is 3.18. The smallest absolute Gasteiger partial charge is 0.317 e. The van der Waals surface area contributed by atoms with E-state index in [2.05, 4.69) is 11.7 Å².